The van der Waals surface area contributed by atoms with E-state index in [-0.39, 0.29) is 0 Å². The van der Waals surface area contributed by atoms with Crippen molar-refractivity contribution in [2.45, 2.75) is 32.4 Å². The molecule has 1 aromatic carbocycles. The Balaban J connectivity index is 1.85. The third-order valence-corrected chi connectivity index (χ3v) is 3.24. The van der Waals surface area contributed by atoms with Gasteiger partial charge >= 0.3 is 0 Å². The van der Waals surface area contributed by atoms with Gasteiger partial charge in [-0.25, -0.2) is 0 Å². The van der Waals surface area contributed by atoms with Crippen LogP contribution in [0.15, 0.2) is 47.1 Å². The molecule has 3 heteroatoms. The van der Waals surface area contributed by atoms with Gasteiger partial charge in [0.05, 0.1) is 6.26 Å². The van der Waals surface area contributed by atoms with Crippen LogP contribution < -0.4 is 5.32 Å². The fraction of sp³-hybridized carbons (Fsp3) is 0.412. The molecule has 2 rings (SSSR count). The minimum atomic E-state index is 0.426. The summed E-state index contributed by atoms with van der Waals surface area (Å²) in [4.78, 5) is 2.18. The molecule has 0 saturated carbocycles. The highest BCUT2D eigenvalue weighted by Gasteiger charge is 2.05. The van der Waals surface area contributed by atoms with E-state index in [0.717, 1.165) is 25.1 Å². The highest BCUT2D eigenvalue weighted by Crippen LogP contribution is 2.15. The third-order valence-electron chi connectivity index (χ3n) is 3.24. The second kappa shape index (κ2) is 7.15. The van der Waals surface area contributed by atoms with Crippen LogP contribution in [0.5, 0.6) is 0 Å². The molecule has 0 amide bonds. The molecule has 3 nitrogen and oxygen atoms in total. The van der Waals surface area contributed by atoms with E-state index >= 15 is 0 Å². The van der Waals surface area contributed by atoms with E-state index in [4.69, 9.17) is 4.42 Å². The molecular formula is C17H24N2O. The minimum Gasteiger partial charge on any atom is -0.469 e. The summed E-state index contributed by atoms with van der Waals surface area (Å²) in [7, 11) is 4.18. The number of anilines is 1. The van der Waals surface area contributed by atoms with Crippen molar-refractivity contribution >= 4 is 5.69 Å². The van der Waals surface area contributed by atoms with E-state index in [2.05, 4.69) is 55.5 Å². The maximum Gasteiger partial charge on any atom is 0.103 e. The molecule has 0 aliphatic carbocycles. The lowest BCUT2D eigenvalue weighted by Gasteiger charge is -2.16. The predicted molar refractivity (Wildman–Crippen MR) is 83.9 cm³/mol. The first-order valence-electron chi connectivity index (χ1n) is 7.16. The van der Waals surface area contributed by atoms with Gasteiger partial charge in [-0.15, -0.1) is 0 Å². The van der Waals surface area contributed by atoms with Gasteiger partial charge in [-0.05, 0) is 57.3 Å². The number of nitrogens with one attached hydrogen (secondary N) is 1. The van der Waals surface area contributed by atoms with Crippen molar-refractivity contribution in [3.05, 3.63) is 54.0 Å². The first-order chi connectivity index (χ1) is 9.63. The smallest absolute Gasteiger partial charge is 0.103 e. The summed E-state index contributed by atoms with van der Waals surface area (Å²) in [5.41, 5.74) is 2.52. The zero-order chi connectivity index (χ0) is 14.4. The molecule has 0 aliphatic heterocycles. The van der Waals surface area contributed by atoms with Crippen molar-refractivity contribution in [1.29, 1.82) is 0 Å². The Labute approximate surface area is 121 Å². The highest BCUT2D eigenvalue weighted by atomic mass is 16.3. The Hall–Kier alpha value is -1.74. The minimum absolute atomic E-state index is 0.426. The maximum absolute atomic E-state index is 5.36. The van der Waals surface area contributed by atoms with E-state index < -0.39 is 0 Å². The van der Waals surface area contributed by atoms with Crippen molar-refractivity contribution in [1.82, 2.24) is 4.90 Å². The average molecular weight is 272 g/mol. The molecule has 0 spiro atoms. The van der Waals surface area contributed by atoms with Crippen LogP contribution in [0.2, 0.25) is 0 Å². The molecule has 0 bridgehead atoms. The fourth-order valence-corrected chi connectivity index (χ4v) is 2.29. The largest absolute Gasteiger partial charge is 0.469 e. The highest BCUT2D eigenvalue weighted by molar-refractivity contribution is 5.46. The summed E-state index contributed by atoms with van der Waals surface area (Å²) in [6, 6.07) is 13.0. The summed E-state index contributed by atoms with van der Waals surface area (Å²) >= 11 is 0. The topological polar surface area (TPSA) is 28.4 Å². The number of furan rings is 1. The molecule has 0 fully saturated rings. The van der Waals surface area contributed by atoms with Gasteiger partial charge in [0.25, 0.3) is 0 Å². The molecule has 0 saturated heterocycles. The summed E-state index contributed by atoms with van der Waals surface area (Å²) in [6.07, 6.45) is 3.77. The van der Waals surface area contributed by atoms with Gasteiger partial charge in [0.15, 0.2) is 0 Å². The number of aryl methyl sites for hydroxylation is 1. The zero-order valence-electron chi connectivity index (χ0n) is 12.6. The van der Waals surface area contributed by atoms with Gasteiger partial charge in [0.2, 0.25) is 0 Å². The van der Waals surface area contributed by atoms with Crippen LogP contribution in [-0.4, -0.2) is 25.0 Å². The normalized spacial score (nSPS) is 12.6. The van der Waals surface area contributed by atoms with Crippen LogP contribution in [0, 0.1) is 0 Å². The maximum atomic E-state index is 5.36. The van der Waals surface area contributed by atoms with Gasteiger partial charge in [-0.2, -0.15) is 0 Å². The SMILES string of the molecule is CC(CCc1ccco1)Nc1cccc(CN(C)C)c1. The predicted octanol–water partition coefficient (Wildman–Crippen LogP) is 3.77. The van der Waals surface area contributed by atoms with Crippen LogP contribution >= 0.6 is 0 Å². The van der Waals surface area contributed by atoms with Crippen molar-refractivity contribution in [3.8, 4) is 0 Å². The van der Waals surface area contributed by atoms with Gasteiger partial charge in [-0.3, -0.25) is 0 Å². The van der Waals surface area contributed by atoms with Gasteiger partial charge < -0.3 is 14.6 Å². The summed E-state index contributed by atoms with van der Waals surface area (Å²) in [5.74, 6) is 1.06. The molecule has 1 heterocycles. The first kappa shape index (κ1) is 14.7. The molecule has 1 aromatic heterocycles. The Morgan fingerprint density at radius 2 is 2.05 bits per heavy atom. The quantitative estimate of drug-likeness (QED) is 0.831. The number of hydrogen-bond acceptors (Lipinski definition) is 3. The first-order valence-corrected chi connectivity index (χ1v) is 7.16. The van der Waals surface area contributed by atoms with Crippen LogP contribution in [0.4, 0.5) is 5.69 Å². The van der Waals surface area contributed by atoms with Crippen molar-refractivity contribution in [2.75, 3.05) is 19.4 Å². The van der Waals surface area contributed by atoms with Gasteiger partial charge in [0, 0.05) is 24.7 Å². The monoisotopic (exact) mass is 272 g/mol. The Kier molecular flexibility index (Phi) is 5.24. The van der Waals surface area contributed by atoms with Gasteiger partial charge in [0.1, 0.15) is 5.76 Å². The summed E-state index contributed by atoms with van der Waals surface area (Å²) < 4.78 is 5.36. The number of nitrogens with zero attached hydrogens (tertiary/aromatic N) is 1. The molecule has 2 aromatic rings. The van der Waals surface area contributed by atoms with Crippen molar-refractivity contribution < 1.29 is 4.42 Å². The molecular weight excluding hydrogens is 248 g/mol. The molecule has 108 valence electrons. The summed E-state index contributed by atoms with van der Waals surface area (Å²) in [5, 5.41) is 3.56. The molecule has 1 atom stereocenters. The second-order valence-electron chi connectivity index (χ2n) is 5.60. The van der Waals surface area contributed by atoms with E-state index in [1.807, 2.05) is 12.1 Å². The third kappa shape index (κ3) is 4.74. The van der Waals surface area contributed by atoms with Crippen LogP contribution in [-0.2, 0) is 13.0 Å². The number of benzene rings is 1. The second-order valence-corrected chi connectivity index (χ2v) is 5.60. The lowest BCUT2D eigenvalue weighted by molar-refractivity contribution is 0.402. The number of hydrogen-bond donors (Lipinski definition) is 1. The molecule has 1 N–H and O–H groups in total. The lowest BCUT2D eigenvalue weighted by Crippen LogP contribution is -2.16. The Morgan fingerprint density at radius 1 is 1.20 bits per heavy atom. The van der Waals surface area contributed by atoms with Gasteiger partial charge in [-0.1, -0.05) is 12.1 Å². The van der Waals surface area contributed by atoms with Crippen LogP contribution in [0.25, 0.3) is 0 Å². The van der Waals surface area contributed by atoms with Crippen LogP contribution in [0.3, 0.4) is 0 Å². The molecule has 0 radical (unpaired) electrons. The van der Waals surface area contributed by atoms with E-state index in [9.17, 15) is 0 Å². The molecule has 0 aliphatic rings. The van der Waals surface area contributed by atoms with Crippen LogP contribution in [0.1, 0.15) is 24.7 Å². The lowest BCUT2D eigenvalue weighted by atomic mass is 10.1. The van der Waals surface area contributed by atoms with E-state index in [1.165, 1.54) is 11.3 Å². The number of rotatable bonds is 7. The van der Waals surface area contributed by atoms with E-state index in [1.54, 1.807) is 6.26 Å². The standard InChI is InChI=1S/C17H24N2O/c1-14(9-10-17-8-5-11-20-17)18-16-7-4-6-15(12-16)13-19(2)3/h4-8,11-12,14,18H,9-10,13H2,1-3H3. The fourth-order valence-electron chi connectivity index (χ4n) is 2.29. The molecule has 1 unspecified atom stereocenters. The zero-order valence-corrected chi connectivity index (χ0v) is 12.6. The van der Waals surface area contributed by atoms with Crippen molar-refractivity contribution in [2.24, 2.45) is 0 Å². The Bertz CT molecular complexity index is 505. The Morgan fingerprint density at radius 3 is 2.75 bits per heavy atom. The van der Waals surface area contributed by atoms with Crippen molar-refractivity contribution in [3.63, 3.8) is 0 Å². The average Bonchev–Trinajstić information content (AvgIpc) is 2.89. The summed E-state index contributed by atoms with van der Waals surface area (Å²) in [6.45, 7) is 3.18. The van der Waals surface area contributed by atoms with E-state index in [0.29, 0.717) is 6.04 Å². The molecule has 20 heavy (non-hydrogen) atoms.